The molecule has 1 aliphatic carbocycles. The van der Waals surface area contributed by atoms with Gasteiger partial charge in [-0.1, -0.05) is 23.7 Å². The highest BCUT2D eigenvalue weighted by Gasteiger charge is 2.40. The summed E-state index contributed by atoms with van der Waals surface area (Å²) >= 11 is 6.02. The van der Waals surface area contributed by atoms with E-state index in [4.69, 9.17) is 16.3 Å². The van der Waals surface area contributed by atoms with Crippen molar-refractivity contribution in [3.05, 3.63) is 41.4 Å². The highest BCUT2D eigenvalue weighted by Crippen LogP contribution is 2.30. The number of sulfonamides is 1. The Morgan fingerprint density at radius 3 is 2.48 bits per heavy atom. The lowest BCUT2D eigenvalue weighted by Gasteiger charge is -2.31. The highest BCUT2D eigenvalue weighted by atomic mass is 35.5. The Hall–Kier alpha value is -2.89. The number of fused-ring (bicyclic) bond motifs is 1. The van der Waals surface area contributed by atoms with Crippen LogP contribution >= 0.6 is 11.6 Å². The van der Waals surface area contributed by atoms with Gasteiger partial charge >= 0.3 is 6.09 Å². The van der Waals surface area contributed by atoms with Crippen LogP contribution in [0.3, 0.4) is 0 Å². The van der Waals surface area contributed by atoms with Crippen LogP contribution in [-0.4, -0.2) is 80.0 Å². The zero-order valence-corrected chi connectivity index (χ0v) is 24.8. The van der Waals surface area contributed by atoms with Crippen molar-refractivity contribution in [1.82, 2.24) is 19.8 Å². The molecule has 2 fully saturated rings. The number of nitrogens with zero attached hydrogens (tertiary/aromatic N) is 2. The van der Waals surface area contributed by atoms with E-state index in [0.29, 0.717) is 22.9 Å². The first-order chi connectivity index (χ1) is 18.7. The normalized spacial score (nSPS) is 18.6. The van der Waals surface area contributed by atoms with E-state index >= 15 is 0 Å². The molecule has 4 rings (SSSR count). The second-order valence-corrected chi connectivity index (χ2v) is 13.6. The number of nitrogens with one attached hydrogen (secondary N) is 2. The molecule has 3 amide bonds. The Labute approximate surface area is 240 Å². The number of halogens is 1. The van der Waals surface area contributed by atoms with Gasteiger partial charge < -0.3 is 19.9 Å². The Morgan fingerprint density at radius 2 is 1.80 bits per heavy atom. The van der Waals surface area contributed by atoms with Gasteiger partial charge in [-0.2, -0.15) is 4.72 Å². The Morgan fingerprint density at radius 1 is 1.12 bits per heavy atom. The standard InChI is InChI=1S/C28H37ClN4O6S/c1-18(25(34)32(17-19-5-6-19)14-12-30-27(36)39-28(2,3)4)33-13-11-24(26(33)35)31-40(37,38)23-10-8-20-15-22(29)9-7-21(20)16-23/h7-10,15-16,18-19,24,31H,5-6,11-14,17H2,1-4H3,(H,30,36)/t18-,24-/m0/s1. The summed E-state index contributed by atoms with van der Waals surface area (Å²) in [4.78, 5) is 41.8. The van der Waals surface area contributed by atoms with E-state index < -0.39 is 39.7 Å². The lowest BCUT2D eigenvalue weighted by Crippen LogP contribution is -2.52. The Kier molecular flexibility index (Phi) is 8.96. The summed E-state index contributed by atoms with van der Waals surface area (Å²) < 4.78 is 34.0. The number of carbonyl (C=O) groups excluding carboxylic acids is 3. The zero-order chi connectivity index (χ0) is 29.2. The number of likely N-dealkylation sites (tertiary alicyclic amines) is 1. The zero-order valence-electron chi connectivity index (χ0n) is 23.3. The molecule has 1 saturated heterocycles. The van der Waals surface area contributed by atoms with Gasteiger partial charge in [0.25, 0.3) is 0 Å². The third-order valence-corrected chi connectivity index (χ3v) is 8.69. The average molecular weight is 593 g/mol. The van der Waals surface area contributed by atoms with Gasteiger partial charge in [-0.25, -0.2) is 13.2 Å². The van der Waals surface area contributed by atoms with Crippen LogP contribution in [0.5, 0.6) is 0 Å². The van der Waals surface area contributed by atoms with Gasteiger partial charge in [0, 0.05) is 31.2 Å². The first-order valence-electron chi connectivity index (χ1n) is 13.5. The molecule has 10 nitrogen and oxygen atoms in total. The van der Waals surface area contributed by atoms with Crippen molar-refractivity contribution in [2.75, 3.05) is 26.2 Å². The maximum atomic E-state index is 13.4. The molecule has 2 aliphatic rings. The van der Waals surface area contributed by atoms with Crippen molar-refractivity contribution in [1.29, 1.82) is 0 Å². The minimum atomic E-state index is -3.98. The Bertz CT molecular complexity index is 1390. The van der Waals surface area contributed by atoms with Crippen LogP contribution in [0, 0.1) is 5.92 Å². The third-order valence-electron chi connectivity index (χ3n) is 6.98. The van der Waals surface area contributed by atoms with Crippen LogP contribution in [0.4, 0.5) is 4.79 Å². The van der Waals surface area contributed by atoms with E-state index in [1.807, 2.05) is 0 Å². The van der Waals surface area contributed by atoms with Crippen molar-refractivity contribution in [2.45, 2.75) is 69.5 Å². The Balaban J connectivity index is 1.37. The molecule has 2 atom stereocenters. The number of amides is 3. The summed E-state index contributed by atoms with van der Waals surface area (Å²) in [5.41, 5.74) is -0.626. The van der Waals surface area contributed by atoms with Crippen LogP contribution in [0.25, 0.3) is 10.8 Å². The fourth-order valence-electron chi connectivity index (χ4n) is 4.72. The lowest BCUT2D eigenvalue weighted by molar-refractivity contribution is -0.143. The fraction of sp³-hybridized carbons (Fsp3) is 0.536. The molecule has 2 N–H and O–H groups in total. The van der Waals surface area contributed by atoms with E-state index in [-0.39, 0.29) is 36.9 Å². The van der Waals surface area contributed by atoms with Gasteiger partial charge in [-0.05, 0) is 87.9 Å². The van der Waals surface area contributed by atoms with Gasteiger partial charge in [-0.15, -0.1) is 0 Å². The van der Waals surface area contributed by atoms with Crippen LogP contribution in [0.15, 0.2) is 41.3 Å². The van der Waals surface area contributed by atoms with Crippen LogP contribution in [0.1, 0.15) is 47.0 Å². The van der Waals surface area contributed by atoms with E-state index in [2.05, 4.69) is 10.0 Å². The van der Waals surface area contributed by atoms with E-state index in [1.54, 1.807) is 62.9 Å². The molecule has 2 aromatic carbocycles. The van der Waals surface area contributed by atoms with Crippen molar-refractivity contribution < 1.29 is 27.5 Å². The molecule has 2 aromatic rings. The minimum absolute atomic E-state index is 0.0470. The SMILES string of the molecule is C[C@@H](C(=O)N(CCNC(=O)OC(C)(C)C)CC1CC1)N1CC[C@H](NS(=O)(=O)c2ccc3cc(Cl)ccc3c2)C1=O. The summed E-state index contributed by atoms with van der Waals surface area (Å²) in [5.74, 6) is -0.261. The number of ether oxygens (including phenoxy) is 1. The van der Waals surface area contributed by atoms with Gasteiger partial charge in [-0.3, -0.25) is 9.59 Å². The van der Waals surface area contributed by atoms with Gasteiger partial charge in [0.2, 0.25) is 21.8 Å². The summed E-state index contributed by atoms with van der Waals surface area (Å²) in [6.45, 7) is 8.28. The quantitative estimate of drug-likeness (QED) is 0.435. The predicted octanol–water partition coefficient (Wildman–Crippen LogP) is 3.52. The predicted molar refractivity (Wildman–Crippen MR) is 152 cm³/mol. The van der Waals surface area contributed by atoms with Crippen LogP contribution in [-0.2, 0) is 24.3 Å². The molecule has 0 spiro atoms. The second kappa shape index (κ2) is 11.9. The molecule has 1 heterocycles. The highest BCUT2D eigenvalue weighted by molar-refractivity contribution is 7.89. The second-order valence-electron chi connectivity index (χ2n) is 11.5. The minimum Gasteiger partial charge on any atom is -0.444 e. The number of benzene rings is 2. The first kappa shape index (κ1) is 30.1. The molecule has 0 bridgehead atoms. The molecule has 1 saturated carbocycles. The summed E-state index contributed by atoms with van der Waals surface area (Å²) in [6.07, 6.45) is 1.76. The van der Waals surface area contributed by atoms with Crippen molar-refractivity contribution in [2.24, 2.45) is 5.92 Å². The maximum absolute atomic E-state index is 13.4. The monoisotopic (exact) mass is 592 g/mol. The van der Waals surface area contributed by atoms with E-state index in [0.717, 1.165) is 18.2 Å². The molecule has 0 unspecified atom stereocenters. The molecule has 40 heavy (non-hydrogen) atoms. The number of hydrogen-bond acceptors (Lipinski definition) is 6. The smallest absolute Gasteiger partial charge is 0.407 e. The molecule has 12 heteroatoms. The number of carbonyl (C=O) groups is 3. The molecule has 1 aliphatic heterocycles. The summed E-state index contributed by atoms with van der Waals surface area (Å²) in [7, 11) is -3.98. The fourth-order valence-corrected chi connectivity index (χ4v) is 6.16. The van der Waals surface area contributed by atoms with Gasteiger partial charge in [0.15, 0.2) is 0 Å². The van der Waals surface area contributed by atoms with Gasteiger partial charge in [0.1, 0.15) is 17.7 Å². The molecular formula is C28H37ClN4O6S. The maximum Gasteiger partial charge on any atom is 0.407 e. The molecular weight excluding hydrogens is 556 g/mol. The molecule has 0 aromatic heterocycles. The largest absolute Gasteiger partial charge is 0.444 e. The summed E-state index contributed by atoms with van der Waals surface area (Å²) in [6, 6.07) is 8.12. The van der Waals surface area contributed by atoms with Gasteiger partial charge in [0.05, 0.1) is 4.90 Å². The number of rotatable bonds is 10. The molecule has 218 valence electrons. The number of hydrogen-bond donors (Lipinski definition) is 2. The van der Waals surface area contributed by atoms with Crippen LogP contribution in [0.2, 0.25) is 5.02 Å². The lowest BCUT2D eigenvalue weighted by atomic mass is 10.1. The van der Waals surface area contributed by atoms with Crippen molar-refractivity contribution >= 4 is 50.3 Å². The first-order valence-corrected chi connectivity index (χ1v) is 15.4. The number of alkyl carbamates (subject to hydrolysis) is 1. The van der Waals surface area contributed by atoms with Crippen molar-refractivity contribution in [3.63, 3.8) is 0 Å². The van der Waals surface area contributed by atoms with Crippen LogP contribution < -0.4 is 10.0 Å². The summed E-state index contributed by atoms with van der Waals surface area (Å²) in [5, 5.41) is 4.75. The third kappa shape index (κ3) is 7.64. The average Bonchev–Trinajstić information content (AvgIpc) is 3.62. The van der Waals surface area contributed by atoms with Crippen molar-refractivity contribution in [3.8, 4) is 0 Å². The van der Waals surface area contributed by atoms with E-state index in [1.165, 1.54) is 11.0 Å². The molecule has 0 radical (unpaired) electrons. The van der Waals surface area contributed by atoms with E-state index in [9.17, 15) is 22.8 Å². The topological polar surface area (TPSA) is 125 Å².